The zero-order chi connectivity index (χ0) is 12.0. The Morgan fingerprint density at radius 1 is 1.56 bits per heavy atom. The Kier molecular flexibility index (Phi) is 4.92. The van der Waals surface area contributed by atoms with Crippen LogP contribution in [0.2, 0.25) is 0 Å². The van der Waals surface area contributed by atoms with Crippen LogP contribution in [0, 0.1) is 0 Å². The summed E-state index contributed by atoms with van der Waals surface area (Å²) in [4.78, 5) is 15.8. The highest BCUT2D eigenvalue weighted by atomic mass is 16.5. The van der Waals surface area contributed by atoms with Gasteiger partial charge in [0.05, 0.1) is 13.3 Å². The summed E-state index contributed by atoms with van der Waals surface area (Å²) < 4.78 is 5.01. The van der Waals surface area contributed by atoms with Crippen molar-refractivity contribution in [2.75, 3.05) is 7.11 Å². The second kappa shape index (κ2) is 6.23. The zero-order valence-electron chi connectivity index (χ0n) is 9.77. The maximum Gasteiger partial charge on any atom is 0.166 e. The molecule has 88 valence electrons. The first-order valence-corrected chi connectivity index (χ1v) is 5.45. The molecule has 0 aliphatic carbocycles. The Balaban J connectivity index is 2.65. The fraction of sp³-hybridized carbons (Fsp3) is 0.500. The molecule has 16 heavy (non-hydrogen) atoms. The van der Waals surface area contributed by atoms with E-state index in [4.69, 9.17) is 10.5 Å². The highest BCUT2D eigenvalue weighted by Crippen LogP contribution is 2.13. The van der Waals surface area contributed by atoms with E-state index in [-0.39, 0.29) is 11.8 Å². The van der Waals surface area contributed by atoms with E-state index in [2.05, 4.69) is 11.9 Å². The number of aromatic nitrogens is 1. The number of pyridine rings is 1. The average Bonchev–Trinajstić information content (AvgIpc) is 2.29. The van der Waals surface area contributed by atoms with Gasteiger partial charge in [-0.3, -0.25) is 9.78 Å². The van der Waals surface area contributed by atoms with Crippen LogP contribution in [-0.4, -0.2) is 23.9 Å². The van der Waals surface area contributed by atoms with Crippen LogP contribution in [0.1, 0.15) is 36.5 Å². The smallest absolute Gasteiger partial charge is 0.166 e. The first kappa shape index (κ1) is 12.6. The largest absolute Gasteiger partial charge is 0.495 e. The van der Waals surface area contributed by atoms with E-state index in [1.807, 2.05) is 0 Å². The van der Waals surface area contributed by atoms with Crippen molar-refractivity contribution in [3.8, 4) is 5.75 Å². The number of methoxy groups -OCH3 is 1. The standard InChI is InChI=1S/C12H18N2O2/c1-3-4-10(13)6-12(15)9-5-11(16-2)8-14-7-9/h5,7-8,10H,3-4,6,13H2,1-2H3. The van der Waals surface area contributed by atoms with E-state index in [1.165, 1.54) is 0 Å². The molecule has 0 aromatic carbocycles. The highest BCUT2D eigenvalue weighted by Gasteiger charge is 2.12. The Morgan fingerprint density at radius 2 is 2.31 bits per heavy atom. The summed E-state index contributed by atoms with van der Waals surface area (Å²) in [5.74, 6) is 0.613. The molecule has 1 unspecified atom stereocenters. The number of hydrogen-bond donors (Lipinski definition) is 1. The van der Waals surface area contributed by atoms with Gasteiger partial charge in [-0.2, -0.15) is 0 Å². The monoisotopic (exact) mass is 222 g/mol. The van der Waals surface area contributed by atoms with Gasteiger partial charge in [0.25, 0.3) is 0 Å². The van der Waals surface area contributed by atoms with Gasteiger partial charge in [0.2, 0.25) is 0 Å². The lowest BCUT2D eigenvalue weighted by molar-refractivity contribution is 0.0972. The van der Waals surface area contributed by atoms with Crippen molar-refractivity contribution in [2.24, 2.45) is 5.73 Å². The predicted octanol–water partition coefficient (Wildman–Crippen LogP) is 1.79. The minimum absolute atomic E-state index is 0.0207. The lowest BCUT2D eigenvalue weighted by Gasteiger charge is -2.09. The molecule has 1 aromatic heterocycles. The predicted molar refractivity (Wildman–Crippen MR) is 62.6 cm³/mol. The topological polar surface area (TPSA) is 65.2 Å². The maximum absolute atomic E-state index is 11.8. The minimum Gasteiger partial charge on any atom is -0.495 e. The van der Waals surface area contributed by atoms with Gasteiger partial charge in [0.1, 0.15) is 5.75 Å². The van der Waals surface area contributed by atoms with Gasteiger partial charge < -0.3 is 10.5 Å². The summed E-state index contributed by atoms with van der Waals surface area (Å²) in [5, 5.41) is 0. The summed E-state index contributed by atoms with van der Waals surface area (Å²) in [6, 6.07) is 1.62. The molecule has 1 heterocycles. The molecule has 0 bridgehead atoms. The lowest BCUT2D eigenvalue weighted by Crippen LogP contribution is -2.23. The number of ether oxygens (including phenoxy) is 1. The van der Waals surface area contributed by atoms with E-state index in [0.29, 0.717) is 17.7 Å². The van der Waals surface area contributed by atoms with Crippen molar-refractivity contribution in [2.45, 2.75) is 32.2 Å². The summed E-state index contributed by atoms with van der Waals surface area (Å²) >= 11 is 0. The number of rotatable bonds is 6. The number of nitrogens with two attached hydrogens (primary N) is 1. The third kappa shape index (κ3) is 3.62. The molecular weight excluding hydrogens is 204 g/mol. The summed E-state index contributed by atoms with van der Waals surface area (Å²) in [6.07, 6.45) is 5.34. The van der Waals surface area contributed by atoms with Gasteiger partial charge in [-0.15, -0.1) is 0 Å². The Hall–Kier alpha value is -1.42. The first-order chi connectivity index (χ1) is 7.67. The molecule has 0 radical (unpaired) electrons. The Labute approximate surface area is 95.8 Å². The van der Waals surface area contributed by atoms with E-state index in [0.717, 1.165) is 12.8 Å². The molecule has 0 spiro atoms. The fourth-order valence-corrected chi connectivity index (χ4v) is 1.51. The van der Waals surface area contributed by atoms with Crippen LogP contribution >= 0.6 is 0 Å². The molecule has 0 aliphatic heterocycles. The van der Waals surface area contributed by atoms with Crippen LogP contribution in [0.25, 0.3) is 0 Å². The van der Waals surface area contributed by atoms with Crippen molar-refractivity contribution in [3.63, 3.8) is 0 Å². The molecule has 0 fully saturated rings. The number of carbonyl (C=O) groups excluding carboxylic acids is 1. The van der Waals surface area contributed by atoms with Crippen LogP contribution < -0.4 is 10.5 Å². The van der Waals surface area contributed by atoms with Crippen molar-refractivity contribution < 1.29 is 9.53 Å². The minimum atomic E-state index is -0.0660. The van der Waals surface area contributed by atoms with Crippen molar-refractivity contribution in [1.29, 1.82) is 0 Å². The van der Waals surface area contributed by atoms with Crippen LogP contribution in [0.15, 0.2) is 18.5 Å². The van der Waals surface area contributed by atoms with E-state index in [9.17, 15) is 4.79 Å². The van der Waals surface area contributed by atoms with Gasteiger partial charge in [-0.25, -0.2) is 0 Å². The van der Waals surface area contributed by atoms with Crippen LogP contribution in [0.5, 0.6) is 5.75 Å². The third-order valence-electron chi connectivity index (χ3n) is 2.38. The number of nitrogens with zero attached hydrogens (tertiary/aromatic N) is 1. The molecule has 0 saturated carbocycles. The van der Waals surface area contributed by atoms with Crippen LogP contribution in [-0.2, 0) is 0 Å². The fourth-order valence-electron chi connectivity index (χ4n) is 1.51. The average molecular weight is 222 g/mol. The summed E-state index contributed by atoms with van der Waals surface area (Å²) in [7, 11) is 1.55. The van der Waals surface area contributed by atoms with Crippen molar-refractivity contribution >= 4 is 5.78 Å². The molecule has 1 atom stereocenters. The number of Topliss-reactive ketones (excluding diaryl/α,β-unsaturated/α-hetero) is 1. The molecule has 0 saturated heterocycles. The van der Waals surface area contributed by atoms with Crippen LogP contribution in [0.4, 0.5) is 0 Å². The number of ketones is 1. The van der Waals surface area contributed by atoms with Crippen molar-refractivity contribution in [1.82, 2.24) is 4.98 Å². The number of hydrogen-bond acceptors (Lipinski definition) is 4. The first-order valence-electron chi connectivity index (χ1n) is 5.45. The molecule has 4 nitrogen and oxygen atoms in total. The third-order valence-corrected chi connectivity index (χ3v) is 2.38. The second-order valence-corrected chi connectivity index (χ2v) is 3.79. The van der Waals surface area contributed by atoms with Gasteiger partial charge in [-0.05, 0) is 12.5 Å². The van der Waals surface area contributed by atoms with E-state index < -0.39 is 0 Å². The Bertz CT molecular complexity index is 353. The molecule has 1 rings (SSSR count). The molecule has 0 amide bonds. The van der Waals surface area contributed by atoms with E-state index >= 15 is 0 Å². The molecule has 4 heteroatoms. The number of carbonyl (C=O) groups is 1. The quantitative estimate of drug-likeness (QED) is 0.745. The maximum atomic E-state index is 11.8. The zero-order valence-corrected chi connectivity index (χ0v) is 9.77. The molecular formula is C12H18N2O2. The van der Waals surface area contributed by atoms with Crippen LogP contribution in [0.3, 0.4) is 0 Å². The lowest BCUT2D eigenvalue weighted by atomic mass is 10.0. The SMILES string of the molecule is CCCC(N)CC(=O)c1cncc(OC)c1. The van der Waals surface area contributed by atoms with Gasteiger partial charge in [0.15, 0.2) is 5.78 Å². The van der Waals surface area contributed by atoms with Crippen molar-refractivity contribution in [3.05, 3.63) is 24.0 Å². The van der Waals surface area contributed by atoms with Gasteiger partial charge in [0, 0.05) is 24.2 Å². The highest BCUT2D eigenvalue weighted by molar-refractivity contribution is 5.96. The van der Waals surface area contributed by atoms with Gasteiger partial charge >= 0.3 is 0 Å². The van der Waals surface area contributed by atoms with E-state index in [1.54, 1.807) is 25.6 Å². The molecule has 1 aromatic rings. The Morgan fingerprint density at radius 3 is 2.94 bits per heavy atom. The molecule has 2 N–H and O–H groups in total. The summed E-state index contributed by atoms with van der Waals surface area (Å²) in [5.41, 5.74) is 6.38. The molecule has 0 aliphatic rings. The van der Waals surface area contributed by atoms with Gasteiger partial charge in [-0.1, -0.05) is 13.3 Å². The second-order valence-electron chi connectivity index (χ2n) is 3.79. The normalized spacial score (nSPS) is 12.2. The summed E-state index contributed by atoms with van der Waals surface area (Å²) in [6.45, 7) is 2.05.